The number of hydrogen-bond donors (Lipinski definition) is 1. The van der Waals surface area contributed by atoms with Crippen LogP contribution in [0.25, 0.3) is 0 Å². The van der Waals surface area contributed by atoms with Crippen molar-refractivity contribution in [2.45, 2.75) is 24.7 Å². The minimum absolute atomic E-state index is 0.0378. The van der Waals surface area contributed by atoms with E-state index >= 15 is 0 Å². The number of carbonyl (C=O) groups is 2. The first-order valence-electron chi connectivity index (χ1n) is 6.91. The molecule has 122 valence electrons. The second kappa shape index (κ2) is 6.76. The van der Waals surface area contributed by atoms with Crippen molar-refractivity contribution in [1.29, 1.82) is 0 Å². The average Bonchev–Trinajstić information content (AvgIpc) is 2.98. The molecule has 1 aromatic heterocycles. The van der Waals surface area contributed by atoms with E-state index in [1.54, 1.807) is 6.92 Å². The van der Waals surface area contributed by atoms with Crippen LogP contribution in [0.4, 0.5) is 0 Å². The molecule has 0 unspecified atom stereocenters. The van der Waals surface area contributed by atoms with Gasteiger partial charge < -0.3 is 10.5 Å². The number of piperidine rings is 1. The first kappa shape index (κ1) is 16.9. The Balaban J connectivity index is 2.17. The monoisotopic (exact) mass is 346 g/mol. The van der Waals surface area contributed by atoms with Gasteiger partial charge >= 0.3 is 5.97 Å². The minimum Gasteiger partial charge on any atom is -0.466 e. The van der Waals surface area contributed by atoms with Crippen molar-refractivity contribution in [3.63, 3.8) is 0 Å². The fraction of sp³-hybridized carbons (Fsp3) is 0.538. The number of nitrogens with zero attached hydrogens (tertiary/aromatic N) is 1. The van der Waals surface area contributed by atoms with Crippen molar-refractivity contribution in [2.24, 2.45) is 11.7 Å². The van der Waals surface area contributed by atoms with Gasteiger partial charge in [0.1, 0.15) is 0 Å². The van der Waals surface area contributed by atoms with Crippen LogP contribution in [0.5, 0.6) is 0 Å². The molecule has 1 saturated heterocycles. The summed E-state index contributed by atoms with van der Waals surface area (Å²) in [5.74, 6) is -1.47. The average molecular weight is 346 g/mol. The second-order valence-electron chi connectivity index (χ2n) is 4.97. The lowest BCUT2D eigenvalue weighted by Gasteiger charge is -2.30. The zero-order chi connectivity index (χ0) is 16.3. The number of hydrogen-bond acceptors (Lipinski definition) is 6. The molecule has 1 atom stereocenters. The summed E-state index contributed by atoms with van der Waals surface area (Å²) >= 11 is 0.992. The number of ether oxygens (including phenoxy) is 1. The molecule has 1 aromatic rings. The molecular formula is C13H18N2O5S2. The topological polar surface area (TPSA) is 107 Å². The van der Waals surface area contributed by atoms with Crippen LogP contribution in [0.3, 0.4) is 0 Å². The van der Waals surface area contributed by atoms with Crippen LogP contribution in [-0.4, -0.2) is 44.3 Å². The highest BCUT2D eigenvalue weighted by molar-refractivity contribution is 7.89. The lowest BCUT2D eigenvalue weighted by Crippen LogP contribution is -2.42. The summed E-state index contributed by atoms with van der Waals surface area (Å²) < 4.78 is 31.4. The van der Waals surface area contributed by atoms with E-state index in [1.807, 2.05) is 0 Å². The third kappa shape index (κ3) is 3.47. The van der Waals surface area contributed by atoms with Crippen LogP contribution in [0.1, 0.15) is 29.4 Å². The maximum Gasteiger partial charge on any atom is 0.310 e. The third-order valence-electron chi connectivity index (χ3n) is 3.46. The maximum absolute atomic E-state index is 12.6. The first-order chi connectivity index (χ1) is 10.4. The third-order valence-corrected chi connectivity index (χ3v) is 6.40. The largest absolute Gasteiger partial charge is 0.466 e. The summed E-state index contributed by atoms with van der Waals surface area (Å²) in [5, 5.41) is 1.39. The number of esters is 1. The number of amides is 1. The number of carbonyl (C=O) groups excluding carboxylic acids is 2. The number of rotatable bonds is 5. The van der Waals surface area contributed by atoms with Gasteiger partial charge in [-0.05, 0) is 25.8 Å². The smallest absolute Gasteiger partial charge is 0.310 e. The van der Waals surface area contributed by atoms with Crippen molar-refractivity contribution in [1.82, 2.24) is 4.31 Å². The number of nitrogens with two attached hydrogens (primary N) is 1. The Morgan fingerprint density at radius 2 is 2.23 bits per heavy atom. The van der Waals surface area contributed by atoms with E-state index in [-0.39, 0.29) is 28.9 Å². The minimum atomic E-state index is -3.73. The SMILES string of the molecule is CCOC(=O)[C@@H]1CCCN(S(=O)(=O)c2csc(C(N)=O)c2)C1. The molecule has 1 amide bonds. The molecule has 0 aromatic carbocycles. The molecule has 0 spiro atoms. The molecule has 1 fully saturated rings. The molecule has 0 aliphatic carbocycles. The Morgan fingerprint density at radius 3 is 2.82 bits per heavy atom. The molecule has 2 heterocycles. The molecule has 2 N–H and O–H groups in total. The van der Waals surface area contributed by atoms with Gasteiger partial charge in [0.2, 0.25) is 10.0 Å². The van der Waals surface area contributed by atoms with Gasteiger partial charge in [0, 0.05) is 18.5 Å². The van der Waals surface area contributed by atoms with Gasteiger partial charge in [0.15, 0.2) is 0 Å². The zero-order valence-corrected chi connectivity index (χ0v) is 13.8. The van der Waals surface area contributed by atoms with E-state index in [0.717, 1.165) is 11.3 Å². The molecule has 22 heavy (non-hydrogen) atoms. The van der Waals surface area contributed by atoms with Crippen molar-refractivity contribution in [3.8, 4) is 0 Å². The highest BCUT2D eigenvalue weighted by Crippen LogP contribution is 2.27. The highest BCUT2D eigenvalue weighted by Gasteiger charge is 2.34. The Bertz CT molecular complexity index is 668. The molecule has 1 aliphatic heterocycles. The van der Waals surface area contributed by atoms with Crippen LogP contribution < -0.4 is 5.73 Å². The Hall–Kier alpha value is -1.45. The molecule has 0 saturated carbocycles. The van der Waals surface area contributed by atoms with Crippen molar-refractivity contribution >= 4 is 33.2 Å². The number of primary amides is 1. The summed E-state index contributed by atoms with van der Waals surface area (Å²) in [6, 6.07) is 1.27. The summed E-state index contributed by atoms with van der Waals surface area (Å²) in [5.41, 5.74) is 5.15. The number of sulfonamides is 1. The van der Waals surface area contributed by atoms with Crippen LogP contribution in [0, 0.1) is 5.92 Å². The van der Waals surface area contributed by atoms with Gasteiger partial charge in [-0.2, -0.15) is 4.31 Å². The molecule has 2 rings (SSSR count). The molecular weight excluding hydrogens is 328 g/mol. The van der Waals surface area contributed by atoms with Crippen molar-refractivity contribution in [3.05, 3.63) is 16.3 Å². The summed E-state index contributed by atoms with van der Waals surface area (Å²) in [6.07, 6.45) is 1.20. The molecule has 0 bridgehead atoms. The Labute approximate surface area is 133 Å². The van der Waals surface area contributed by atoms with Crippen LogP contribution in [0.15, 0.2) is 16.3 Å². The quantitative estimate of drug-likeness (QED) is 0.794. The lowest BCUT2D eigenvalue weighted by molar-refractivity contribution is -0.149. The van der Waals surface area contributed by atoms with Crippen LogP contribution in [0.2, 0.25) is 0 Å². The Morgan fingerprint density at radius 1 is 1.50 bits per heavy atom. The van der Waals surface area contributed by atoms with Crippen LogP contribution in [-0.2, 0) is 19.6 Å². The van der Waals surface area contributed by atoms with Crippen molar-refractivity contribution < 1.29 is 22.7 Å². The lowest BCUT2D eigenvalue weighted by atomic mass is 10.0. The van der Waals surface area contributed by atoms with E-state index in [4.69, 9.17) is 10.5 Å². The fourth-order valence-corrected chi connectivity index (χ4v) is 4.98. The van der Waals surface area contributed by atoms with E-state index in [0.29, 0.717) is 19.4 Å². The molecule has 7 nitrogen and oxygen atoms in total. The highest BCUT2D eigenvalue weighted by atomic mass is 32.2. The zero-order valence-electron chi connectivity index (χ0n) is 12.1. The fourth-order valence-electron chi connectivity index (χ4n) is 2.35. The molecule has 1 aliphatic rings. The second-order valence-corrected chi connectivity index (χ2v) is 7.81. The number of thiophene rings is 1. The van der Waals surface area contributed by atoms with E-state index in [1.165, 1.54) is 15.8 Å². The normalized spacial score (nSPS) is 19.8. The maximum atomic E-state index is 12.6. The van der Waals surface area contributed by atoms with E-state index in [9.17, 15) is 18.0 Å². The first-order valence-corrected chi connectivity index (χ1v) is 9.23. The van der Waals surface area contributed by atoms with Gasteiger partial charge in [-0.25, -0.2) is 8.42 Å². The molecule has 0 radical (unpaired) electrons. The summed E-state index contributed by atoms with van der Waals surface area (Å²) in [7, 11) is -3.73. The summed E-state index contributed by atoms with van der Waals surface area (Å²) in [6.45, 7) is 2.43. The van der Waals surface area contributed by atoms with Gasteiger partial charge in [0.05, 0.1) is 22.3 Å². The standard InChI is InChI=1S/C13H18N2O5S2/c1-2-20-13(17)9-4-3-5-15(7-9)22(18,19)10-6-11(12(14)16)21-8-10/h6,8-9H,2-5,7H2,1H3,(H2,14,16)/t9-/m1/s1. The van der Waals surface area contributed by atoms with Gasteiger partial charge in [0.25, 0.3) is 5.91 Å². The molecule has 9 heteroatoms. The van der Waals surface area contributed by atoms with Gasteiger partial charge in [-0.1, -0.05) is 0 Å². The summed E-state index contributed by atoms with van der Waals surface area (Å²) in [4.78, 5) is 23.1. The van der Waals surface area contributed by atoms with E-state index < -0.39 is 21.8 Å². The van der Waals surface area contributed by atoms with Gasteiger partial charge in [-0.15, -0.1) is 11.3 Å². The van der Waals surface area contributed by atoms with E-state index in [2.05, 4.69) is 0 Å². The van der Waals surface area contributed by atoms with Gasteiger partial charge in [-0.3, -0.25) is 9.59 Å². The van der Waals surface area contributed by atoms with Crippen LogP contribution >= 0.6 is 11.3 Å². The predicted molar refractivity (Wildman–Crippen MR) is 81.0 cm³/mol. The van der Waals surface area contributed by atoms with Crippen molar-refractivity contribution in [2.75, 3.05) is 19.7 Å². The predicted octanol–water partition coefficient (Wildman–Crippen LogP) is 0.811. The Kier molecular flexibility index (Phi) is 5.20.